The van der Waals surface area contributed by atoms with Crippen LogP contribution in [0.4, 0.5) is 11.5 Å². The predicted octanol–water partition coefficient (Wildman–Crippen LogP) is 3.31. The van der Waals surface area contributed by atoms with Crippen LogP contribution in [0, 0.1) is 0 Å². The van der Waals surface area contributed by atoms with Gasteiger partial charge in [-0.3, -0.25) is 9.59 Å². The zero-order chi connectivity index (χ0) is 26.4. The first-order valence-electron chi connectivity index (χ1n) is 11.6. The first-order chi connectivity index (χ1) is 17.7. The van der Waals surface area contributed by atoms with Crippen molar-refractivity contribution in [2.45, 2.75) is 24.7 Å². The number of nitrogens with zero attached hydrogens (tertiary/aromatic N) is 2. The highest BCUT2D eigenvalue weighted by Gasteiger charge is 2.22. The maximum atomic E-state index is 13.3. The lowest BCUT2D eigenvalue weighted by Crippen LogP contribution is -2.34. The molecule has 37 heavy (non-hydrogen) atoms. The summed E-state index contributed by atoms with van der Waals surface area (Å²) in [6.45, 7) is 1.57. The van der Waals surface area contributed by atoms with Gasteiger partial charge in [-0.2, -0.15) is 0 Å². The molecule has 2 aromatic heterocycles. The van der Waals surface area contributed by atoms with Crippen LogP contribution in [-0.2, 0) is 15.6 Å². The summed E-state index contributed by atoms with van der Waals surface area (Å²) in [6, 6.07) is 11.0. The number of halogens is 1. The smallest absolute Gasteiger partial charge is 0.277 e. The summed E-state index contributed by atoms with van der Waals surface area (Å²) in [5.74, 6) is -0.715. The molecule has 3 aromatic rings. The summed E-state index contributed by atoms with van der Waals surface area (Å²) in [5, 5.41) is 9.04. The number of carbonyl (C=O) groups is 2. The second-order valence-electron chi connectivity index (χ2n) is 8.64. The van der Waals surface area contributed by atoms with E-state index in [1.165, 1.54) is 18.5 Å². The van der Waals surface area contributed by atoms with Crippen molar-refractivity contribution in [3.63, 3.8) is 0 Å². The molecule has 4 rings (SSSR count). The van der Waals surface area contributed by atoms with Crippen LogP contribution in [0.25, 0.3) is 0 Å². The Labute approximate surface area is 219 Å². The fraction of sp³-hybridized carbons (Fsp3) is 0.280. The summed E-state index contributed by atoms with van der Waals surface area (Å²) >= 11 is 5.84. The average Bonchev–Trinajstić information content (AvgIpc) is 2.85. The monoisotopic (exact) mass is 543 g/mol. The maximum Gasteiger partial charge on any atom is 0.277 e. The zero-order valence-electron chi connectivity index (χ0n) is 20.0. The molecule has 3 heterocycles. The van der Waals surface area contributed by atoms with Gasteiger partial charge in [-0.25, -0.2) is 18.4 Å². The van der Waals surface area contributed by atoms with Crippen LogP contribution >= 0.6 is 11.6 Å². The number of sulfone groups is 1. The molecule has 0 saturated carbocycles. The Bertz CT molecular complexity index is 1390. The van der Waals surface area contributed by atoms with Crippen molar-refractivity contribution in [3.05, 3.63) is 76.7 Å². The lowest BCUT2D eigenvalue weighted by Gasteiger charge is -2.25. The lowest BCUT2D eigenvalue weighted by molar-refractivity contribution is 0.101. The highest BCUT2D eigenvalue weighted by molar-refractivity contribution is 7.89. The number of aromatic nitrogens is 2. The highest BCUT2D eigenvalue weighted by Crippen LogP contribution is 2.27. The number of ether oxygens (including phenoxy) is 1. The van der Waals surface area contributed by atoms with E-state index < -0.39 is 21.7 Å². The Hall–Kier alpha value is -3.54. The predicted molar refractivity (Wildman–Crippen MR) is 141 cm³/mol. The molecule has 2 amide bonds. The van der Waals surface area contributed by atoms with Crippen LogP contribution in [0.3, 0.4) is 0 Å². The molecule has 12 heteroatoms. The van der Waals surface area contributed by atoms with Crippen LogP contribution in [0.5, 0.6) is 5.75 Å². The van der Waals surface area contributed by atoms with Crippen molar-refractivity contribution in [2.24, 2.45) is 0 Å². The molecule has 0 unspecified atom stereocenters. The van der Waals surface area contributed by atoms with Gasteiger partial charge in [0, 0.05) is 18.6 Å². The molecule has 1 fully saturated rings. The summed E-state index contributed by atoms with van der Waals surface area (Å²) < 4.78 is 29.8. The van der Waals surface area contributed by atoms with Gasteiger partial charge < -0.3 is 20.7 Å². The van der Waals surface area contributed by atoms with Crippen molar-refractivity contribution in [2.75, 3.05) is 30.0 Å². The van der Waals surface area contributed by atoms with E-state index in [0.717, 1.165) is 32.2 Å². The summed E-state index contributed by atoms with van der Waals surface area (Å²) in [5.41, 5.74) is 0.902. The fourth-order valence-electron chi connectivity index (χ4n) is 3.84. The van der Waals surface area contributed by atoms with Crippen LogP contribution in [0.15, 0.2) is 54.9 Å². The number of rotatable bonds is 8. The van der Waals surface area contributed by atoms with Gasteiger partial charge in [0.2, 0.25) is 0 Å². The maximum absolute atomic E-state index is 13.3. The van der Waals surface area contributed by atoms with Gasteiger partial charge in [-0.05, 0) is 67.9 Å². The normalized spacial score (nSPS) is 14.1. The van der Waals surface area contributed by atoms with Crippen LogP contribution < -0.4 is 20.7 Å². The number of hydrogen-bond donors (Lipinski definition) is 3. The van der Waals surface area contributed by atoms with Gasteiger partial charge >= 0.3 is 0 Å². The first kappa shape index (κ1) is 26.5. The Morgan fingerprint density at radius 1 is 1.08 bits per heavy atom. The molecule has 0 spiro atoms. The van der Waals surface area contributed by atoms with Gasteiger partial charge in [0.1, 0.15) is 17.7 Å². The second kappa shape index (κ2) is 11.7. The number of pyridine rings is 2. The number of carbonyl (C=O) groups excluding carboxylic acids is 2. The summed E-state index contributed by atoms with van der Waals surface area (Å²) in [6.07, 6.45) is 5.37. The van der Waals surface area contributed by atoms with E-state index in [2.05, 4.69) is 25.9 Å². The Balaban J connectivity index is 1.58. The first-order valence-corrected chi connectivity index (χ1v) is 14.0. The quantitative estimate of drug-likeness (QED) is 0.393. The number of nitrogens with one attached hydrogen (secondary N) is 3. The number of piperidine rings is 1. The number of anilines is 2. The molecule has 3 N–H and O–H groups in total. The SMILES string of the molecule is CS(=O)(=O)Cc1ccc(C(=O)Nc2cccnc2C(=O)Nc2ccc(Cl)cn2)c(OC2CCNCC2)c1. The Morgan fingerprint density at radius 3 is 2.57 bits per heavy atom. The van der Waals surface area contributed by atoms with Gasteiger partial charge in [0.15, 0.2) is 15.5 Å². The van der Waals surface area contributed by atoms with E-state index in [4.69, 9.17) is 16.3 Å². The van der Waals surface area contributed by atoms with Crippen molar-refractivity contribution < 1.29 is 22.7 Å². The van der Waals surface area contributed by atoms with Gasteiger partial charge in [-0.1, -0.05) is 17.7 Å². The molecule has 1 saturated heterocycles. The third-order valence-corrected chi connectivity index (χ3v) is 6.62. The largest absolute Gasteiger partial charge is 0.489 e. The molecular weight excluding hydrogens is 518 g/mol. The van der Waals surface area contributed by atoms with Crippen molar-refractivity contribution in [3.8, 4) is 5.75 Å². The second-order valence-corrected chi connectivity index (χ2v) is 11.2. The van der Waals surface area contributed by atoms with Crippen LogP contribution in [0.2, 0.25) is 5.02 Å². The van der Waals surface area contributed by atoms with Crippen LogP contribution in [0.1, 0.15) is 39.3 Å². The topological polar surface area (TPSA) is 139 Å². The Morgan fingerprint density at radius 2 is 1.86 bits per heavy atom. The molecular formula is C25H26ClN5O5S. The molecule has 0 bridgehead atoms. The number of hydrogen-bond acceptors (Lipinski definition) is 8. The number of amides is 2. The highest BCUT2D eigenvalue weighted by atomic mass is 35.5. The van der Waals surface area contributed by atoms with Crippen molar-refractivity contribution in [1.82, 2.24) is 15.3 Å². The van der Waals surface area contributed by atoms with Crippen LogP contribution in [-0.4, -0.2) is 55.6 Å². The molecule has 0 radical (unpaired) electrons. The molecule has 0 aliphatic carbocycles. The molecule has 10 nitrogen and oxygen atoms in total. The zero-order valence-corrected chi connectivity index (χ0v) is 21.6. The molecule has 1 aliphatic rings. The van der Waals surface area contributed by atoms with Crippen molar-refractivity contribution in [1.29, 1.82) is 0 Å². The average molecular weight is 544 g/mol. The van der Waals surface area contributed by atoms with E-state index >= 15 is 0 Å². The summed E-state index contributed by atoms with van der Waals surface area (Å²) in [4.78, 5) is 34.4. The van der Waals surface area contributed by atoms with Crippen molar-refractivity contribution >= 4 is 44.8 Å². The fourth-order valence-corrected chi connectivity index (χ4v) is 4.74. The van der Waals surface area contributed by atoms with E-state index in [1.54, 1.807) is 36.4 Å². The van der Waals surface area contributed by atoms with Gasteiger partial charge in [0.05, 0.1) is 22.0 Å². The minimum atomic E-state index is -3.28. The molecule has 194 valence electrons. The minimum absolute atomic E-state index is 0.0119. The summed E-state index contributed by atoms with van der Waals surface area (Å²) in [7, 11) is -3.28. The Kier molecular flexibility index (Phi) is 8.37. The van der Waals surface area contributed by atoms with Gasteiger partial charge in [0.25, 0.3) is 11.8 Å². The van der Waals surface area contributed by atoms with E-state index in [0.29, 0.717) is 10.6 Å². The third kappa shape index (κ3) is 7.48. The molecule has 1 aliphatic heterocycles. The standard InChI is InChI=1S/C25H26ClN5O5S/c1-37(34,35)15-16-4-6-19(21(13-16)36-18-8-11-27-12-9-18)24(32)30-20-3-2-10-28-23(20)25(33)31-22-7-5-17(26)14-29-22/h2-7,10,13-14,18,27H,8-9,11-12,15H2,1H3,(H,30,32)(H,29,31,33). The lowest BCUT2D eigenvalue weighted by atomic mass is 10.1. The molecule has 0 atom stereocenters. The van der Waals surface area contributed by atoms with E-state index in [1.807, 2.05) is 0 Å². The number of benzene rings is 1. The van der Waals surface area contributed by atoms with E-state index in [9.17, 15) is 18.0 Å². The van der Waals surface area contributed by atoms with E-state index in [-0.39, 0.29) is 40.4 Å². The third-order valence-electron chi connectivity index (χ3n) is 5.54. The molecule has 1 aromatic carbocycles. The van der Waals surface area contributed by atoms with Gasteiger partial charge in [-0.15, -0.1) is 0 Å². The minimum Gasteiger partial charge on any atom is -0.489 e.